The van der Waals surface area contributed by atoms with E-state index >= 15 is 0 Å². The smallest absolute Gasteiger partial charge is 0.417 e. The first-order chi connectivity index (χ1) is 10.5. The molecule has 0 bridgehead atoms. The third-order valence-electron chi connectivity index (χ3n) is 3.91. The molecular weight excluding hydrogens is 284 g/mol. The van der Waals surface area contributed by atoms with E-state index < -0.39 is 12.0 Å². The van der Waals surface area contributed by atoms with Crippen molar-refractivity contribution in [2.24, 2.45) is 5.92 Å². The molecule has 2 amide bonds. The number of pyridine rings is 1. The van der Waals surface area contributed by atoms with Gasteiger partial charge in [-0.05, 0) is 18.1 Å². The Morgan fingerprint density at radius 2 is 2.05 bits per heavy atom. The Morgan fingerprint density at radius 3 is 2.77 bits per heavy atom. The highest BCUT2D eigenvalue weighted by Crippen LogP contribution is 2.21. The number of rotatable bonds is 2. The zero-order valence-electron chi connectivity index (χ0n) is 12.3. The molecule has 22 heavy (non-hydrogen) atoms. The van der Waals surface area contributed by atoms with Crippen LogP contribution < -0.4 is 5.43 Å². The highest BCUT2D eigenvalue weighted by atomic mass is 16.6. The lowest BCUT2D eigenvalue weighted by Gasteiger charge is -2.22. The number of benzene rings is 1. The summed E-state index contributed by atoms with van der Waals surface area (Å²) in [5.74, 6) is -0.567. The number of amides is 2. The van der Waals surface area contributed by atoms with E-state index in [4.69, 9.17) is 4.74 Å². The molecule has 0 radical (unpaired) electrons. The number of para-hydroxylation sites is 1. The number of nitrogens with one attached hydrogen (secondary N) is 1. The van der Waals surface area contributed by atoms with Crippen molar-refractivity contribution in [3.8, 4) is 0 Å². The Balaban J connectivity index is 2.07. The van der Waals surface area contributed by atoms with Crippen LogP contribution in [0.5, 0.6) is 0 Å². The van der Waals surface area contributed by atoms with Crippen LogP contribution in [0.4, 0.5) is 4.79 Å². The summed E-state index contributed by atoms with van der Waals surface area (Å²) in [5.41, 5.74) is 0.207. The van der Waals surface area contributed by atoms with Gasteiger partial charge in [-0.1, -0.05) is 26.0 Å². The van der Waals surface area contributed by atoms with Crippen LogP contribution in [0.3, 0.4) is 0 Å². The topological polar surface area (TPSA) is 79.5 Å². The average molecular weight is 300 g/mol. The van der Waals surface area contributed by atoms with Crippen molar-refractivity contribution in [3.05, 3.63) is 46.2 Å². The minimum atomic E-state index is -0.698. The third-order valence-corrected chi connectivity index (χ3v) is 3.91. The molecule has 114 valence electrons. The molecule has 1 aromatic carbocycles. The predicted molar refractivity (Wildman–Crippen MR) is 80.7 cm³/mol. The van der Waals surface area contributed by atoms with E-state index in [2.05, 4.69) is 4.98 Å². The lowest BCUT2D eigenvalue weighted by molar-refractivity contribution is 0.0750. The highest BCUT2D eigenvalue weighted by molar-refractivity contribution is 6.05. The summed E-state index contributed by atoms with van der Waals surface area (Å²) in [6.45, 7) is 3.96. The van der Waals surface area contributed by atoms with Crippen molar-refractivity contribution in [3.63, 3.8) is 0 Å². The number of nitrogens with zero attached hydrogens (tertiary/aromatic N) is 1. The van der Waals surface area contributed by atoms with Crippen LogP contribution in [0, 0.1) is 5.92 Å². The van der Waals surface area contributed by atoms with Gasteiger partial charge in [-0.3, -0.25) is 9.59 Å². The van der Waals surface area contributed by atoms with Crippen LogP contribution >= 0.6 is 0 Å². The number of cyclic esters (lactones) is 1. The number of carbonyl (C=O) groups excluding carboxylic acids is 2. The largest absolute Gasteiger partial charge is 0.447 e. The van der Waals surface area contributed by atoms with Gasteiger partial charge in [0.2, 0.25) is 5.43 Å². The van der Waals surface area contributed by atoms with E-state index in [0.29, 0.717) is 10.9 Å². The lowest BCUT2D eigenvalue weighted by atomic mass is 10.0. The quantitative estimate of drug-likeness (QED) is 0.921. The van der Waals surface area contributed by atoms with Crippen LogP contribution in [-0.2, 0) is 4.74 Å². The maximum Gasteiger partial charge on any atom is 0.417 e. The Morgan fingerprint density at radius 1 is 1.32 bits per heavy atom. The van der Waals surface area contributed by atoms with E-state index in [1.54, 1.807) is 24.3 Å². The molecule has 1 aromatic heterocycles. The molecule has 3 rings (SSSR count). The summed E-state index contributed by atoms with van der Waals surface area (Å²) in [5, 5.41) is 0.419. The molecule has 1 aliphatic rings. The summed E-state index contributed by atoms with van der Waals surface area (Å²) in [4.78, 5) is 41.0. The Kier molecular flexibility index (Phi) is 3.44. The SMILES string of the molecule is CC(C)C1COC(=O)N1C(=O)c1c[nH]c2ccccc2c1=O. The number of H-pyrrole nitrogens is 1. The standard InChI is InChI=1S/C16H16N2O4/c1-9(2)13-8-22-16(21)18(13)15(20)11-7-17-12-6-4-3-5-10(12)14(11)19/h3-7,9,13H,8H2,1-2H3,(H,17,19). The molecule has 1 saturated heterocycles. The molecule has 1 unspecified atom stereocenters. The van der Waals surface area contributed by atoms with Gasteiger partial charge in [0, 0.05) is 17.1 Å². The zero-order chi connectivity index (χ0) is 15.9. The summed E-state index contributed by atoms with van der Waals surface area (Å²) < 4.78 is 4.96. The molecule has 0 aliphatic carbocycles. The summed E-state index contributed by atoms with van der Waals surface area (Å²) in [6, 6.07) is 6.57. The van der Waals surface area contributed by atoms with Crippen molar-refractivity contribution in [2.45, 2.75) is 19.9 Å². The number of hydrogen-bond acceptors (Lipinski definition) is 4. The number of ether oxygens (including phenoxy) is 1. The normalized spacial score (nSPS) is 18.0. The van der Waals surface area contributed by atoms with Crippen molar-refractivity contribution in [1.82, 2.24) is 9.88 Å². The highest BCUT2D eigenvalue weighted by Gasteiger charge is 2.40. The van der Waals surface area contributed by atoms with Gasteiger partial charge in [0.15, 0.2) is 0 Å². The lowest BCUT2D eigenvalue weighted by Crippen LogP contribution is -2.43. The van der Waals surface area contributed by atoms with Crippen molar-refractivity contribution in [2.75, 3.05) is 6.61 Å². The first-order valence-corrected chi connectivity index (χ1v) is 7.11. The summed E-state index contributed by atoms with van der Waals surface area (Å²) in [7, 11) is 0. The monoisotopic (exact) mass is 300 g/mol. The minimum Gasteiger partial charge on any atom is -0.447 e. The van der Waals surface area contributed by atoms with E-state index in [1.165, 1.54) is 6.20 Å². The molecule has 1 N–H and O–H groups in total. The predicted octanol–water partition coefficient (Wildman–Crippen LogP) is 2.15. The van der Waals surface area contributed by atoms with Crippen LogP contribution in [0.1, 0.15) is 24.2 Å². The molecule has 6 heteroatoms. The van der Waals surface area contributed by atoms with Crippen molar-refractivity contribution < 1.29 is 14.3 Å². The van der Waals surface area contributed by atoms with Gasteiger partial charge >= 0.3 is 6.09 Å². The Hall–Kier alpha value is -2.63. The van der Waals surface area contributed by atoms with Gasteiger partial charge in [-0.2, -0.15) is 0 Å². The zero-order valence-corrected chi connectivity index (χ0v) is 12.3. The minimum absolute atomic E-state index is 0.0509. The molecule has 1 aliphatic heterocycles. The van der Waals surface area contributed by atoms with Gasteiger partial charge < -0.3 is 9.72 Å². The van der Waals surface area contributed by atoms with E-state index in [0.717, 1.165) is 4.90 Å². The number of carbonyl (C=O) groups is 2. The van der Waals surface area contributed by atoms with Crippen LogP contribution in [-0.4, -0.2) is 34.5 Å². The molecule has 2 heterocycles. The van der Waals surface area contributed by atoms with E-state index in [-0.39, 0.29) is 29.6 Å². The van der Waals surface area contributed by atoms with E-state index in [1.807, 2.05) is 13.8 Å². The molecule has 6 nitrogen and oxygen atoms in total. The number of aromatic amines is 1. The first kappa shape index (κ1) is 14.3. The van der Waals surface area contributed by atoms with Crippen LogP contribution in [0.15, 0.2) is 35.3 Å². The van der Waals surface area contributed by atoms with Crippen LogP contribution in [0.25, 0.3) is 10.9 Å². The van der Waals surface area contributed by atoms with Crippen molar-refractivity contribution >= 4 is 22.9 Å². The summed E-state index contributed by atoms with van der Waals surface area (Å²) >= 11 is 0. The third kappa shape index (κ3) is 2.16. The molecule has 1 fully saturated rings. The Labute approximate surface area is 126 Å². The fourth-order valence-electron chi connectivity index (χ4n) is 2.62. The average Bonchev–Trinajstić information content (AvgIpc) is 2.89. The second-order valence-electron chi connectivity index (χ2n) is 5.64. The second kappa shape index (κ2) is 5.29. The first-order valence-electron chi connectivity index (χ1n) is 7.11. The number of hydrogen-bond donors (Lipinski definition) is 1. The number of fused-ring (bicyclic) bond motifs is 1. The molecule has 1 atom stereocenters. The van der Waals surface area contributed by atoms with Gasteiger partial charge in [0.25, 0.3) is 5.91 Å². The van der Waals surface area contributed by atoms with E-state index in [9.17, 15) is 14.4 Å². The Bertz CT molecular complexity index is 809. The van der Waals surface area contributed by atoms with Crippen molar-refractivity contribution in [1.29, 1.82) is 0 Å². The fraction of sp³-hybridized carbons (Fsp3) is 0.312. The van der Waals surface area contributed by atoms with Gasteiger partial charge in [-0.25, -0.2) is 9.69 Å². The maximum atomic E-state index is 12.6. The maximum absolute atomic E-state index is 12.6. The number of aromatic nitrogens is 1. The van der Waals surface area contributed by atoms with Gasteiger partial charge in [0.1, 0.15) is 12.2 Å². The second-order valence-corrected chi connectivity index (χ2v) is 5.64. The molecule has 0 saturated carbocycles. The summed E-state index contributed by atoms with van der Waals surface area (Å²) in [6.07, 6.45) is 0.659. The van der Waals surface area contributed by atoms with Gasteiger partial charge in [-0.15, -0.1) is 0 Å². The number of imide groups is 1. The van der Waals surface area contributed by atoms with Crippen LogP contribution in [0.2, 0.25) is 0 Å². The molecule has 0 spiro atoms. The molecule has 2 aromatic rings. The van der Waals surface area contributed by atoms with Gasteiger partial charge in [0.05, 0.1) is 6.04 Å². The molecular formula is C16H16N2O4. The fourth-order valence-corrected chi connectivity index (χ4v) is 2.62.